The normalized spacial score (nSPS) is 19.8. The van der Waals surface area contributed by atoms with Gasteiger partial charge in [-0.1, -0.05) is 30.3 Å². The maximum atomic E-state index is 13.4. The second kappa shape index (κ2) is 8.65. The zero-order chi connectivity index (χ0) is 22.1. The summed E-state index contributed by atoms with van der Waals surface area (Å²) in [6, 6.07) is 15.0. The summed E-state index contributed by atoms with van der Waals surface area (Å²) >= 11 is 0. The molecule has 0 saturated carbocycles. The van der Waals surface area contributed by atoms with Gasteiger partial charge in [-0.2, -0.15) is 0 Å². The number of imidazole rings is 1. The smallest absolute Gasteiger partial charge is 0.250 e. The monoisotopic (exact) mass is 427 g/mol. The number of hydrogen-bond acceptors (Lipinski definition) is 3. The molecule has 1 amide bonds. The lowest BCUT2D eigenvalue weighted by Crippen LogP contribution is -2.46. The summed E-state index contributed by atoms with van der Waals surface area (Å²) in [7, 11) is 1.67. The van der Waals surface area contributed by atoms with Crippen LogP contribution >= 0.6 is 0 Å². The van der Waals surface area contributed by atoms with Crippen molar-refractivity contribution in [3.05, 3.63) is 82.9 Å². The molecule has 1 saturated heterocycles. The molecule has 1 fully saturated rings. The second-order valence-electron chi connectivity index (χ2n) is 8.79. The maximum absolute atomic E-state index is 13.4. The number of nitrogens with zero attached hydrogens (tertiary/aromatic N) is 3. The first-order valence-electron chi connectivity index (χ1n) is 11.4. The lowest BCUT2D eigenvalue weighted by molar-refractivity contribution is -0.131. The number of methoxy groups -OCH3 is 1. The molecule has 1 aliphatic heterocycles. The average molecular weight is 428 g/mol. The van der Waals surface area contributed by atoms with E-state index in [-0.39, 0.29) is 5.91 Å². The Bertz CT molecular complexity index is 1180. The van der Waals surface area contributed by atoms with Gasteiger partial charge in [-0.15, -0.1) is 0 Å². The molecule has 2 heterocycles. The molecule has 5 rings (SSSR count). The van der Waals surface area contributed by atoms with Crippen LogP contribution in [0.5, 0.6) is 5.75 Å². The summed E-state index contributed by atoms with van der Waals surface area (Å²) in [6.07, 6.45) is 10.7. The number of carbonyl (C=O) groups is 1. The standard InChI is InChI=1S/C27H29N3O2/c1-19-17-29(18-28-19)25-12-9-20(15-26(25)32-2)14-23-8-5-13-30(27(23)31)24-11-10-21-6-3-4-7-22(21)16-24/h3-4,6-7,9,12,14-15,17-18,24H,5,8,10-11,13,16H2,1-2H3/b23-14+/t24-/m0/s1. The van der Waals surface area contributed by atoms with Gasteiger partial charge >= 0.3 is 0 Å². The summed E-state index contributed by atoms with van der Waals surface area (Å²) in [4.78, 5) is 19.8. The summed E-state index contributed by atoms with van der Waals surface area (Å²) in [5.41, 5.74) is 6.60. The summed E-state index contributed by atoms with van der Waals surface area (Å²) in [5, 5.41) is 0. The summed E-state index contributed by atoms with van der Waals surface area (Å²) < 4.78 is 7.60. The number of ether oxygens (including phenoxy) is 1. The van der Waals surface area contributed by atoms with Gasteiger partial charge in [-0.25, -0.2) is 4.98 Å². The van der Waals surface area contributed by atoms with E-state index in [9.17, 15) is 4.79 Å². The maximum Gasteiger partial charge on any atom is 0.250 e. The molecule has 1 aromatic heterocycles. The zero-order valence-electron chi connectivity index (χ0n) is 18.8. The topological polar surface area (TPSA) is 47.4 Å². The zero-order valence-corrected chi connectivity index (χ0v) is 18.8. The van der Waals surface area contributed by atoms with E-state index < -0.39 is 0 Å². The molecular weight excluding hydrogens is 398 g/mol. The van der Waals surface area contributed by atoms with E-state index in [0.717, 1.165) is 66.9 Å². The van der Waals surface area contributed by atoms with Gasteiger partial charge < -0.3 is 14.2 Å². The van der Waals surface area contributed by atoms with Gasteiger partial charge in [0.05, 0.1) is 24.8 Å². The molecule has 1 atom stereocenters. The van der Waals surface area contributed by atoms with Crippen LogP contribution in [0.4, 0.5) is 0 Å². The number of fused-ring (bicyclic) bond motifs is 1. The SMILES string of the molecule is COc1cc(/C=C2\CCCN([C@H]3CCc4ccccc4C3)C2=O)ccc1-n1cnc(C)c1. The van der Waals surface area contributed by atoms with E-state index in [2.05, 4.69) is 34.1 Å². The number of likely N-dealkylation sites (tertiary alicyclic amines) is 1. The molecule has 2 aromatic carbocycles. The van der Waals surface area contributed by atoms with Crippen molar-refractivity contribution in [3.8, 4) is 11.4 Å². The van der Waals surface area contributed by atoms with Crippen molar-refractivity contribution in [3.63, 3.8) is 0 Å². The Morgan fingerprint density at radius 2 is 1.97 bits per heavy atom. The van der Waals surface area contributed by atoms with Gasteiger partial charge in [0.15, 0.2) is 0 Å². The molecule has 0 N–H and O–H groups in total. The lowest BCUT2D eigenvalue weighted by Gasteiger charge is -2.38. The molecule has 5 nitrogen and oxygen atoms in total. The van der Waals surface area contributed by atoms with Crippen LogP contribution in [0.1, 0.15) is 41.6 Å². The number of hydrogen-bond donors (Lipinski definition) is 0. The molecule has 2 aliphatic rings. The van der Waals surface area contributed by atoms with Crippen LogP contribution in [-0.4, -0.2) is 40.1 Å². The summed E-state index contributed by atoms with van der Waals surface area (Å²) in [6.45, 7) is 2.82. The molecule has 0 spiro atoms. The third kappa shape index (κ3) is 3.95. The largest absolute Gasteiger partial charge is 0.495 e. The fourth-order valence-electron chi connectivity index (χ4n) is 5.01. The van der Waals surface area contributed by atoms with Crippen molar-refractivity contribution in [1.82, 2.24) is 14.5 Å². The minimum absolute atomic E-state index is 0.189. The van der Waals surface area contributed by atoms with E-state index in [0.29, 0.717) is 6.04 Å². The quantitative estimate of drug-likeness (QED) is 0.565. The minimum Gasteiger partial charge on any atom is -0.495 e. The van der Waals surface area contributed by atoms with E-state index in [4.69, 9.17) is 4.74 Å². The molecule has 0 bridgehead atoms. The van der Waals surface area contributed by atoms with E-state index in [1.165, 1.54) is 11.1 Å². The fraction of sp³-hybridized carbons (Fsp3) is 0.333. The van der Waals surface area contributed by atoms with Gasteiger partial charge in [0.2, 0.25) is 5.91 Å². The van der Waals surface area contributed by atoms with E-state index in [1.54, 1.807) is 13.4 Å². The predicted molar refractivity (Wildman–Crippen MR) is 126 cm³/mol. The Morgan fingerprint density at radius 1 is 1.12 bits per heavy atom. The number of benzene rings is 2. The van der Waals surface area contributed by atoms with Crippen molar-refractivity contribution >= 4 is 12.0 Å². The third-order valence-electron chi connectivity index (χ3n) is 6.68. The Hall–Kier alpha value is -3.34. The third-order valence-corrected chi connectivity index (χ3v) is 6.68. The van der Waals surface area contributed by atoms with Crippen molar-refractivity contribution in [2.75, 3.05) is 13.7 Å². The molecule has 32 heavy (non-hydrogen) atoms. The van der Waals surface area contributed by atoms with Gasteiger partial charge in [0.1, 0.15) is 5.75 Å². The Labute approximate surface area is 189 Å². The highest BCUT2D eigenvalue weighted by Gasteiger charge is 2.31. The molecule has 3 aromatic rings. The average Bonchev–Trinajstić information content (AvgIpc) is 3.26. The summed E-state index contributed by atoms with van der Waals surface area (Å²) in [5.74, 6) is 0.953. The van der Waals surface area contributed by atoms with E-state index >= 15 is 0 Å². The molecule has 1 aliphatic carbocycles. The van der Waals surface area contributed by atoms with Crippen LogP contribution in [0, 0.1) is 6.92 Å². The number of amides is 1. The molecule has 0 unspecified atom stereocenters. The highest BCUT2D eigenvalue weighted by molar-refractivity contribution is 5.98. The van der Waals surface area contributed by atoms with Gasteiger partial charge in [0, 0.05) is 24.4 Å². The lowest BCUT2D eigenvalue weighted by atomic mass is 9.86. The van der Waals surface area contributed by atoms with Crippen LogP contribution < -0.4 is 4.74 Å². The Kier molecular flexibility index (Phi) is 5.56. The van der Waals surface area contributed by atoms with Crippen molar-refractivity contribution in [1.29, 1.82) is 0 Å². The molecular formula is C27H29N3O2. The molecule has 0 radical (unpaired) electrons. The van der Waals surface area contributed by atoms with Gasteiger partial charge in [-0.3, -0.25) is 4.79 Å². The van der Waals surface area contributed by atoms with Crippen LogP contribution in [0.15, 0.2) is 60.6 Å². The Morgan fingerprint density at radius 3 is 2.75 bits per heavy atom. The van der Waals surface area contributed by atoms with Crippen molar-refractivity contribution in [2.24, 2.45) is 0 Å². The highest BCUT2D eigenvalue weighted by atomic mass is 16.5. The number of aromatic nitrogens is 2. The minimum atomic E-state index is 0.189. The number of carbonyl (C=O) groups excluding carboxylic acids is 1. The molecule has 5 heteroatoms. The van der Waals surface area contributed by atoms with Gasteiger partial charge in [0.25, 0.3) is 0 Å². The van der Waals surface area contributed by atoms with E-state index in [1.807, 2.05) is 42.0 Å². The first kappa shape index (κ1) is 20.6. The number of aryl methyl sites for hydroxylation is 2. The van der Waals surface area contributed by atoms with Crippen LogP contribution in [0.2, 0.25) is 0 Å². The Balaban J connectivity index is 1.38. The highest BCUT2D eigenvalue weighted by Crippen LogP contribution is 2.31. The number of piperidine rings is 1. The van der Waals surface area contributed by atoms with Crippen molar-refractivity contribution < 1.29 is 9.53 Å². The van der Waals surface area contributed by atoms with Crippen molar-refractivity contribution in [2.45, 2.75) is 45.1 Å². The fourth-order valence-corrected chi connectivity index (χ4v) is 5.01. The van der Waals surface area contributed by atoms with Crippen LogP contribution in [0.25, 0.3) is 11.8 Å². The van der Waals surface area contributed by atoms with Gasteiger partial charge in [-0.05, 0) is 73.9 Å². The van der Waals surface area contributed by atoms with Crippen LogP contribution in [0.3, 0.4) is 0 Å². The second-order valence-corrected chi connectivity index (χ2v) is 8.79. The predicted octanol–water partition coefficient (Wildman–Crippen LogP) is 4.75. The van der Waals surface area contributed by atoms with Crippen LogP contribution in [-0.2, 0) is 17.6 Å². The number of rotatable bonds is 4. The first-order chi connectivity index (χ1) is 15.6. The first-order valence-corrected chi connectivity index (χ1v) is 11.4. The molecule has 164 valence electrons.